The molecule has 6 heteroatoms. The number of imidazole rings is 1. The predicted molar refractivity (Wildman–Crippen MR) is 75.1 cm³/mol. The summed E-state index contributed by atoms with van der Waals surface area (Å²) in [6.07, 6.45) is 3.67. The van der Waals surface area contributed by atoms with Crippen molar-refractivity contribution in [3.63, 3.8) is 0 Å². The second-order valence-corrected chi connectivity index (χ2v) is 4.50. The first kappa shape index (κ1) is 11.9. The molecule has 0 unspecified atom stereocenters. The monoisotopic (exact) mass is 273 g/mol. The average molecular weight is 274 g/mol. The van der Waals surface area contributed by atoms with Crippen molar-refractivity contribution in [2.24, 2.45) is 7.05 Å². The highest BCUT2D eigenvalue weighted by atomic mass is 35.5. The Morgan fingerprint density at radius 1 is 1.26 bits per heavy atom. The van der Waals surface area contributed by atoms with Crippen molar-refractivity contribution in [1.82, 2.24) is 19.5 Å². The normalized spacial score (nSPS) is 10.8. The second-order valence-electron chi connectivity index (χ2n) is 4.17. The molecule has 0 aliphatic rings. The summed E-state index contributed by atoms with van der Waals surface area (Å²) in [7, 11) is 1.95. The first-order valence-electron chi connectivity index (χ1n) is 5.86. The lowest BCUT2D eigenvalue weighted by Gasteiger charge is -2.08. The number of halogens is 1. The van der Waals surface area contributed by atoms with Crippen LogP contribution in [0.5, 0.6) is 0 Å². The molecule has 0 amide bonds. The highest BCUT2D eigenvalue weighted by Gasteiger charge is 2.07. The van der Waals surface area contributed by atoms with Crippen molar-refractivity contribution in [3.8, 4) is 0 Å². The molecule has 1 N–H and O–H groups in total. The van der Waals surface area contributed by atoms with Gasteiger partial charge in [0, 0.05) is 24.8 Å². The third-order valence-electron chi connectivity index (χ3n) is 2.91. The van der Waals surface area contributed by atoms with Crippen LogP contribution in [-0.4, -0.2) is 19.5 Å². The topological polar surface area (TPSA) is 55.6 Å². The van der Waals surface area contributed by atoms with E-state index in [4.69, 9.17) is 11.6 Å². The van der Waals surface area contributed by atoms with E-state index in [9.17, 15) is 0 Å². The van der Waals surface area contributed by atoms with Crippen molar-refractivity contribution in [3.05, 3.63) is 47.8 Å². The number of fused-ring (bicyclic) bond motifs is 1. The summed E-state index contributed by atoms with van der Waals surface area (Å²) in [6.45, 7) is 0.584. The molecule has 96 valence electrons. The fourth-order valence-corrected chi connectivity index (χ4v) is 2.09. The summed E-state index contributed by atoms with van der Waals surface area (Å²) in [6, 6.07) is 7.75. The molecule has 3 aromatic rings. The molecular formula is C13H12ClN5. The Hall–Kier alpha value is -2.14. The Bertz CT molecular complexity index is 722. The van der Waals surface area contributed by atoms with Crippen LogP contribution in [-0.2, 0) is 13.6 Å². The van der Waals surface area contributed by atoms with Crippen LogP contribution < -0.4 is 5.32 Å². The maximum Gasteiger partial charge on any atom is 0.224 e. The van der Waals surface area contributed by atoms with Crippen LogP contribution in [0, 0.1) is 0 Å². The Labute approximate surface area is 115 Å². The first-order valence-corrected chi connectivity index (χ1v) is 6.24. The zero-order chi connectivity index (χ0) is 13.2. The van der Waals surface area contributed by atoms with Gasteiger partial charge in [0.15, 0.2) is 0 Å². The van der Waals surface area contributed by atoms with E-state index in [-0.39, 0.29) is 5.28 Å². The summed E-state index contributed by atoms with van der Waals surface area (Å²) in [5, 5.41) is 4.44. The maximum absolute atomic E-state index is 5.93. The molecule has 0 fully saturated rings. The lowest BCUT2D eigenvalue weighted by molar-refractivity contribution is 0.811. The van der Waals surface area contributed by atoms with Crippen LogP contribution in [0.1, 0.15) is 5.82 Å². The minimum atomic E-state index is 0.237. The highest BCUT2D eigenvalue weighted by Crippen LogP contribution is 2.22. The van der Waals surface area contributed by atoms with Crippen molar-refractivity contribution >= 4 is 28.3 Å². The summed E-state index contributed by atoms with van der Waals surface area (Å²) < 4.78 is 1.96. The van der Waals surface area contributed by atoms with E-state index < -0.39 is 0 Å². The van der Waals surface area contributed by atoms with E-state index >= 15 is 0 Å². The third kappa shape index (κ3) is 2.37. The van der Waals surface area contributed by atoms with Crippen molar-refractivity contribution in [2.45, 2.75) is 6.54 Å². The lowest BCUT2D eigenvalue weighted by atomic mass is 10.2. The molecule has 0 aliphatic carbocycles. The standard InChI is InChI=1S/C13H12ClN5/c1-19-7-6-15-11(19)8-16-12-9-4-2-3-5-10(9)17-13(14)18-12/h2-7H,8H2,1H3,(H,16,17,18). The highest BCUT2D eigenvalue weighted by molar-refractivity contribution is 6.28. The number of nitrogens with zero attached hydrogens (tertiary/aromatic N) is 4. The van der Waals surface area contributed by atoms with Gasteiger partial charge in [0.05, 0.1) is 12.1 Å². The Morgan fingerprint density at radius 3 is 2.89 bits per heavy atom. The van der Waals surface area contributed by atoms with E-state index in [1.807, 2.05) is 42.1 Å². The number of rotatable bonds is 3. The van der Waals surface area contributed by atoms with Crippen LogP contribution in [0.15, 0.2) is 36.7 Å². The predicted octanol–water partition coefficient (Wildman–Crippen LogP) is 2.63. The number of nitrogens with one attached hydrogen (secondary N) is 1. The molecule has 19 heavy (non-hydrogen) atoms. The van der Waals surface area contributed by atoms with Gasteiger partial charge >= 0.3 is 0 Å². The maximum atomic E-state index is 5.93. The number of hydrogen-bond acceptors (Lipinski definition) is 4. The molecule has 1 aromatic carbocycles. The van der Waals surface area contributed by atoms with Gasteiger partial charge < -0.3 is 9.88 Å². The third-order valence-corrected chi connectivity index (χ3v) is 3.08. The first-order chi connectivity index (χ1) is 9.24. The largest absolute Gasteiger partial charge is 0.362 e. The molecule has 0 spiro atoms. The number of benzene rings is 1. The Kier molecular flexibility index (Phi) is 3.05. The smallest absolute Gasteiger partial charge is 0.224 e. The fraction of sp³-hybridized carbons (Fsp3) is 0.154. The van der Waals surface area contributed by atoms with Crippen molar-refractivity contribution < 1.29 is 0 Å². The van der Waals surface area contributed by atoms with E-state index in [0.29, 0.717) is 6.54 Å². The molecule has 3 rings (SSSR count). The Balaban J connectivity index is 1.94. The molecule has 0 saturated carbocycles. The number of anilines is 1. The van der Waals surface area contributed by atoms with E-state index in [1.54, 1.807) is 6.20 Å². The molecule has 0 atom stereocenters. The minimum Gasteiger partial charge on any atom is -0.362 e. The van der Waals surface area contributed by atoms with Crippen LogP contribution in [0.2, 0.25) is 5.28 Å². The van der Waals surface area contributed by atoms with Crippen LogP contribution in [0.4, 0.5) is 5.82 Å². The van der Waals surface area contributed by atoms with Crippen LogP contribution >= 0.6 is 11.6 Å². The molecule has 2 aromatic heterocycles. The van der Waals surface area contributed by atoms with Crippen molar-refractivity contribution in [1.29, 1.82) is 0 Å². The van der Waals surface area contributed by atoms with Gasteiger partial charge in [0.2, 0.25) is 5.28 Å². The number of aryl methyl sites for hydroxylation is 1. The van der Waals surface area contributed by atoms with E-state index in [1.165, 1.54) is 0 Å². The quantitative estimate of drug-likeness (QED) is 0.746. The van der Waals surface area contributed by atoms with Gasteiger partial charge in [0.1, 0.15) is 11.6 Å². The average Bonchev–Trinajstić information content (AvgIpc) is 2.81. The van der Waals surface area contributed by atoms with Gasteiger partial charge in [-0.1, -0.05) is 12.1 Å². The number of hydrogen-bond donors (Lipinski definition) is 1. The van der Waals surface area contributed by atoms with Gasteiger partial charge in [0.25, 0.3) is 0 Å². The number of aromatic nitrogens is 4. The van der Waals surface area contributed by atoms with Gasteiger partial charge in [-0.15, -0.1) is 0 Å². The molecule has 0 bridgehead atoms. The van der Waals surface area contributed by atoms with Crippen molar-refractivity contribution in [2.75, 3.05) is 5.32 Å². The zero-order valence-corrected chi connectivity index (χ0v) is 11.1. The van der Waals surface area contributed by atoms with Gasteiger partial charge in [-0.05, 0) is 23.7 Å². The van der Waals surface area contributed by atoms with Gasteiger partial charge in [-0.3, -0.25) is 0 Å². The fourth-order valence-electron chi connectivity index (χ4n) is 1.91. The summed E-state index contributed by atoms with van der Waals surface area (Å²) in [4.78, 5) is 12.7. The summed E-state index contributed by atoms with van der Waals surface area (Å²) in [5.41, 5.74) is 0.824. The molecular weight excluding hydrogens is 262 g/mol. The molecule has 0 aliphatic heterocycles. The molecule has 5 nitrogen and oxygen atoms in total. The molecule has 0 radical (unpaired) electrons. The minimum absolute atomic E-state index is 0.237. The molecule has 2 heterocycles. The van der Waals surface area contributed by atoms with Gasteiger partial charge in [-0.25, -0.2) is 15.0 Å². The zero-order valence-electron chi connectivity index (χ0n) is 10.3. The second kappa shape index (κ2) is 4.85. The molecule has 0 saturated heterocycles. The van der Waals surface area contributed by atoms with Gasteiger partial charge in [-0.2, -0.15) is 0 Å². The van der Waals surface area contributed by atoms with Crippen LogP contribution in [0.3, 0.4) is 0 Å². The lowest BCUT2D eigenvalue weighted by Crippen LogP contribution is -2.07. The summed E-state index contributed by atoms with van der Waals surface area (Å²) in [5.74, 6) is 1.65. The Morgan fingerprint density at radius 2 is 2.11 bits per heavy atom. The SMILES string of the molecule is Cn1ccnc1CNc1nc(Cl)nc2ccccc12. The van der Waals surface area contributed by atoms with Crippen LogP contribution in [0.25, 0.3) is 10.9 Å². The van der Waals surface area contributed by atoms with E-state index in [0.717, 1.165) is 22.5 Å². The number of para-hydroxylation sites is 1. The summed E-state index contributed by atoms with van der Waals surface area (Å²) >= 11 is 5.93. The van der Waals surface area contributed by atoms with E-state index in [2.05, 4.69) is 20.3 Å².